The highest BCUT2D eigenvalue weighted by molar-refractivity contribution is 7.10. The van der Waals surface area contributed by atoms with Gasteiger partial charge in [0, 0.05) is 30.5 Å². The van der Waals surface area contributed by atoms with Crippen molar-refractivity contribution in [1.82, 2.24) is 5.32 Å². The van der Waals surface area contributed by atoms with E-state index < -0.39 is 0 Å². The van der Waals surface area contributed by atoms with Crippen LogP contribution in [0.2, 0.25) is 0 Å². The Morgan fingerprint density at radius 1 is 1.57 bits per heavy atom. The fourth-order valence-electron chi connectivity index (χ4n) is 1.74. The lowest BCUT2D eigenvalue weighted by molar-refractivity contribution is 0.198. The van der Waals surface area contributed by atoms with Gasteiger partial charge in [-0.15, -0.1) is 11.3 Å². The van der Waals surface area contributed by atoms with Gasteiger partial charge in [-0.3, -0.25) is 0 Å². The summed E-state index contributed by atoms with van der Waals surface area (Å²) in [5, 5.41) is 5.63. The molecule has 0 saturated heterocycles. The average molecular weight is 211 g/mol. The van der Waals surface area contributed by atoms with E-state index in [-0.39, 0.29) is 0 Å². The minimum atomic E-state index is 0.474. The van der Waals surface area contributed by atoms with E-state index in [1.54, 1.807) is 12.0 Å². The number of ether oxygens (including phenoxy) is 1. The van der Waals surface area contributed by atoms with Gasteiger partial charge in [0.1, 0.15) is 0 Å². The zero-order chi connectivity index (χ0) is 9.86. The molecule has 1 aliphatic carbocycles. The van der Waals surface area contributed by atoms with Crippen LogP contribution < -0.4 is 5.32 Å². The molecule has 0 aliphatic heterocycles. The lowest BCUT2D eigenvalue weighted by atomic mass is 10.1. The molecule has 1 aliphatic rings. The highest BCUT2D eigenvalue weighted by Crippen LogP contribution is 2.49. The molecule has 1 fully saturated rings. The van der Waals surface area contributed by atoms with Crippen molar-refractivity contribution < 1.29 is 4.74 Å². The largest absolute Gasteiger partial charge is 0.383 e. The van der Waals surface area contributed by atoms with Crippen molar-refractivity contribution >= 4 is 11.3 Å². The smallest absolute Gasteiger partial charge is 0.0587 e. The van der Waals surface area contributed by atoms with Gasteiger partial charge in [-0.25, -0.2) is 0 Å². The van der Waals surface area contributed by atoms with Gasteiger partial charge < -0.3 is 10.1 Å². The Hall–Kier alpha value is -0.380. The summed E-state index contributed by atoms with van der Waals surface area (Å²) in [5.41, 5.74) is 0.474. The Morgan fingerprint density at radius 3 is 3.00 bits per heavy atom. The van der Waals surface area contributed by atoms with Crippen LogP contribution in [0.3, 0.4) is 0 Å². The summed E-state index contributed by atoms with van der Waals surface area (Å²) in [5.74, 6) is 0. The first-order valence-corrected chi connectivity index (χ1v) is 5.99. The molecule has 1 saturated carbocycles. The van der Waals surface area contributed by atoms with E-state index in [4.69, 9.17) is 4.74 Å². The molecule has 1 N–H and O–H groups in total. The molecule has 3 heteroatoms. The van der Waals surface area contributed by atoms with E-state index >= 15 is 0 Å². The Morgan fingerprint density at radius 2 is 2.43 bits per heavy atom. The first-order valence-electron chi connectivity index (χ1n) is 5.11. The highest BCUT2D eigenvalue weighted by Gasteiger charge is 2.44. The van der Waals surface area contributed by atoms with Crippen LogP contribution in [0.5, 0.6) is 0 Å². The molecule has 0 bridgehead atoms. The van der Waals surface area contributed by atoms with Crippen LogP contribution in [0.25, 0.3) is 0 Å². The van der Waals surface area contributed by atoms with Crippen molar-refractivity contribution in [2.75, 3.05) is 26.8 Å². The maximum atomic E-state index is 5.01. The van der Waals surface area contributed by atoms with Crippen molar-refractivity contribution in [3.63, 3.8) is 0 Å². The van der Waals surface area contributed by atoms with Crippen molar-refractivity contribution in [3.05, 3.63) is 22.4 Å². The number of thiophene rings is 1. The monoisotopic (exact) mass is 211 g/mol. The predicted molar refractivity (Wildman–Crippen MR) is 60.0 cm³/mol. The Balaban J connectivity index is 1.80. The second-order valence-electron chi connectivity index (χ2n) is 3.93. The maximum absolute atomic E-state index is 5.01. The van der Waals surface area contributed by atoms with Crippen molar-refractivity contribution in [3.8, 4) is 0 Å². The summed E-state index contributed by atoms with van der Waals surface area (Å²) in [6.45, 7) is 2.88. The first-order chi connectivity index (χ1) is 6.87. The Labute approximate surface area is 89.3 Å². The van der Waals surface area contributed by atoms with Crippen LogP contribution in [-0.2, 0) is 10.2 Å². The van der Waals surface area contributed by atoms with Crippen molar-refractivity contribution in [1.29, 1.82) is 0 Å². The molecule has 0 unspecified atom stereocenters. The van der Waals surface area contributed by atoms with Crippen LogP contribution in [-0.4, -0.2) is 26.8 Å². The van der Waals surface area contributed by atoms with Gasteiger partial charge in [-0.2, -0.15) is 0 Å². The molecule has 0 spiro atoms. The number of rotatable bonds is 6. The molecule has 1 aromatic heterocycles. The number of methoxy groups -OCH3 is 1. The fraction of sp³-hybridized carbons (Fsp3) is 0.636. The quantitative estimate of drug-likeness (QED) is 0.727. The molecule has 14 heavy (non-hydrogen) atoms. The SMILES string of the molecule is COCCNCC1(c2cccs2)CC1. The molecular formula is C11H17NOS. The first kappa shape index (κ1) is 10.1. The molecular weight excluding hydrogens is 194 g/mol. The lowest BCUT2D eigenvalue weighted by Gasteiger charge is -2.13. The molecule has 78 valence electrons. The number of hydrogen-bond donors (Lipinski definition) is 1. The van der Waals surface area contributed by atoms with Crippen LogP contribution in [0.1, 0.15) is 17.7 Å². The highest BCUT2D eigenvalue weighted by atomic mass is 32.1. The van der Waals surface area contributed by atoms with Gasteiger partial charge in [0.15, 0.2) is 0 Å². The topological polar surface area (TPSA) is 21.3 Å². The van der Waals surface area contributed by atoms with Crippen molar-refractivity contribution in [2.24, 2.45) is 0 Å². The third-order valence-corrected chi connectivity index (χ3v) is 3.96. The van der Waals surface area contributed by atoms with E-state index in [9.17, 15) is 0 Å². The van der Waals surface area contributed by atoms with E-state index in [2.05, 4.69) is 22.8 Å². The van der Waals surface area contributed by atoms with E-state index in [0.29, 0.717) is 5.41 Å². The molecule has 0 atom stereocenters. The fourth-order valence-corrected chi connectivity index (χ4v) is 2.73. The standard InChI is InChI=1S/C11H17NOS/c1-13-7-6-12-9-11(4-5-11)10-3-2-8-14-10/h2-3,8,12H,4-7,9H2,1H3. The van der Waals surface area contributed by atoms with Gasteiger partial charge in [-0.1, -0.05) is 6.07 Å². The molecule has 1 aromatic rings. The van der Waals surface area contributed by atoms with E-state index in [1.165, 1.54) is 12.8 Å². The number of hydrogen-bond acceptors (Lipinski definition) is 3. The number of nitrogens with one attached hydrogen (secondary N) is 1. The summed E-state index contributed by atoms with van der Waals surface area (Å²) in [6, 6.07) is 4.41. The second-order valence-corrected chi connectivity index (χ2v) is 4.87. The van der Waals surface area contributed by atoms with Gasteiger partial charge in [0.2, 0.25) is 0 Å². The third-order valence-electron chi connectivity index (χ3n) is 2.84. The van der Waals surface area contributed by atoms with Crippen LogP contribution in [0.15, 0.2) is 17.5 Å². The molecule has 0 aromatic carbocycles. The lowest BCUT2D eigenvalue weighted by Crippen LogP contribution is -2.28. The van der Waals surface area contributed by atoms with Crippen molar-refractivity contribution in [2.45, 2.75) is 18.3 Å². The second kappa shape index (κ2) is 4.43. The van der Waals surface area contributed by atoms with Gasteiger partial charge in [0.05, 0.1) is 6.61 Å². The van der Waals surface area contributed by atoms with Crippen LogP contribution in [0, 0.1) is 0 Å². The molecule has 0 radical (unpaired) electrons. The zero-order valence-electron chi connectivity index (χ0n) is 8.58. The Kier molecular flexibility index (Phi) is 3.21. The van der Waals surface area contributed by atoms with Gasteiger partial charge in [0.25, 0.3) is 0 Å². The molecule has 2 nitrogen and oxygen atoms in total. The van der Waals surface area contributed by atoms with Crippen LogP contribution >= 0.6 is 11.3 Å². The van der Waals surface area contributed by atoms with Gasteiger partial charge in [-0.05, 0) is 24.3 Å². The minimum Gasteiger partial charge on any atom is -0.383 e. The summed E-state index contributed by atoms with van der Waals surface area (Å²) >= 11 is 1.88. The summed E-state index contributed by atoms with van der Waals surface area (Å²) in [7, 11) is 1.74. The van der Waals surface area contributed by atoms with E-state index in [1.807, 2.05) is 11.3 Å². The van der Waals surface area contributed by atoms with Crippen LogP contribution in [0.4, 0.5) is 0 Å². The van der Waals surface area contributed by atoms with Gasteiger partial charge >= 0.3 is 0 Å². The molecule has 2 rings (SSSR count). The molecule has 1 heterocycles. The summed E-state index contributed by atoms with van der Waals surface area (Å²) < 4.78 is 5.01. The molecule has 0 amide bonds. The summed E-state index contributed by atoms with van der Waals surface area (Å²) in [6.07, 6.45) is 2.68. The maximum Gasteiger partial charge on any atom is 0.0587 e. The zero-order valence-corrected chi connectivity index (χ0v) is 9.40. The Bertz CT molecular complexity index is 267. The van der Waals surface area contributed by atoms with E-state index in [0.717, 1.165) is 19.7 Å². The average Bonchev–Trinajstić information content (AvgIpc) is 2.79. The predicted octanol–water partition coefficient (Wildman–Crippen LogP) is 2.02. The minimum absolute atomic E-state index is 0.474. The third kappa shape index (κ3) is 2.16. The summed E-state index contributed by atoms with van der Waals surface area (Å²) in [4.78, 5) is 1.54. The normalized spacial score (nSPS) is 18.4.